The number of hydrogen-bond acceptors (Lipinski definition) is 5. The Morgan fingerprint density at radius 3 is 2.49 bits per heavy atom. The number of amides is 1. The summed E-state index contributed by atoms with van der Waals surface area (Å²) in [5, 5.41) is 3.71. The Hall–Kier alpha value is -4.26. The van der Waals surface area contributed by atoms with E-state index in [9.17, 15) is 4.79 Å². The van der Waals surface area contributed by atoms with Crippen molar-refractivity contribution in [3.8, 4) is 22.4 Å². The van der Waals surface area contributed by atoms with E-state index in [-0.39, 0.29) is 18.5 Å². The van der Waals surface area contributed by atoms with Crippen LogP contribution in [0.4, 0.5) is 10.7 Å². The van der Waals surface area contributed by atoms with Gasteiger partial charge in [0.2, 0.25) is 5.95 Å². The molecule has 192 valence electrons. The number of ether oxygens (including phenoxy) is 1. The lowest BCUT2D eigenvalue weighted by atomic mass is 9.78. The number of nitrogens with one attached hydrogen (secondary N) is 1. The molecule has 39 heavy (non-hydrogen) atoms. The fourth-order valence-corrected chi connectivity index (χ4v) is 5.14. The summed E-state index contributed by atoms with van der Waals surface area (Å²) in [5.41, 5.74) is 7.98. The molecule has 0 radical (unpaired) electrons. The Kier molecular flexibility index (Phi) is 6.97. The minimum Gasteiger partial charge on any atom is -0.444 e. The van der Waals surface area contributed by atoms with Gasteiger partial charge in [-0.15, -0.1) is 0 Å². The van der Waals surface area contributed by atoms with Gasteiger partial charge in [0.05, 0.1) is 15.7 Å². The number of anilines is 1. The number of carbonyl (C=O) groups excluding carboxylic acids is 1. The summed E-state index contributed by atoms with van der Waals surface area (Å²) in [6.45, 7) is 0.127. The quantitative estimate of drug-likeness (QED) is 0.239. The highest BCUT2D eigenvalue weighted by atomic mass is 35.5. The molecule has 6 rings (SSSR count). The van der Waals surface area contributed by atoms with Crippen molar-refractivity contribution in [1.29, 1.82) is 0 Å². The van der Waals surface area contributed by atoms with E-state index >= 15 is 0 Å². The van der Waals surface area contributed by atoms with Gasteiger partial charge < -0.3 is 4.74 Å². The van der Waals surface area contributed by atoms with E-state index in [1.165, 1.54) is 0 Å². The molecule has 1 N–H and O–H groups in total. The number of pyridine rings is 1. The fourth-order valence-electron chi connectivity index (χ4n) is 4.84. The summed E-state index contributed by atoms with van der Waals surface area (Å²) in [7, 11) is 0. The summed E-state index contributed by atoms with van der Waals surface area (Å²) in [6, 6.07) is 25.6. The van der Waals surface area contributed by atoms with Crippen LogP contribution >= 0.6 is 23.2 Å². The van der Waals surface area contributed by atoms with E-state index in [2.05, 4.69) is 26.3 Å². The third-order valence-corrected chi connectivity index (χ3v) is 7.52. The van der Waals surface area contributed by atoms with Gasteiger partial charge in [-0.3, -0.25) is 10.3 Å². The first-order valence-electron chi connectivity index (χ1n) is 12.4. The second kappa shape index (κ2) is 10.8. The molecule has 1 atom stereocenters. The highest BCUT2D eigenvalue weighted by molar-refractivity contribution is 6.42. The van der Waals surface area contributed by atoms with E-state index < -0.39 is 6.09 Å². The van der Waals surface area contributed by atoms with Gasteiger partial charge in [0.25, 0.3) is 0 Å². The molecule has 6 nitrogen and oxygen atoms in total. The Bertz CT molecular complexity index is 1660. The smallest absolute Gasteiger partial charge is 0.414 e. The van der Waals surface area contributed by atoms with Crippen LogP contribution in [-0.2, 0) is 17.8 Å². The number of fused-ring (bicyclic) bond motifs is 3. The van der Waals surface area contributed by atoms with Crippen molar-refractivity contribution in [2.24, 2.45) is 0 Å². The predicted octanol–water partition coefficient (Wildman–Crippen LogP) is 7.95. The molecule has 1 aliphatic carbocycles. The van der Waals surface area contributed by atoms with E-state index in [1.807, 2.05) is 72.8 Å². The Balaban J connectivity index is 1.16. The van der Waals surface area contributed by atoms with Crippen LogP contribution in [0.5, 0.6) is 0 Å². The van der Waals surface area contributed by atoms with Gasteiger partial charge in [0.1, 0.15) is 6.61 Å². The monoisotopic (exact) mass is 552 g/mol. The van der Waals surface area contributed by atoms with E-state index in [4.69, 9.17) is 27.9 Å². The maximum atomic E-state index is 12.5. The maximum Gasteiger partial charge on any atom is 0.414 e. The Morgan fingerprint density at radius 2 is 1.69 bits per heavy atom. The zero-order valence-corrected chi connectivity index (χ0v) is 22.2. The molecule has 1 amide bonds. The predicted molar refractivity (Wildman–Crippen MR) is 153 cm³/mol. The first-order valence-corrected chi connectivity index (χ1v) is 13.1. The summed E-state index contributed by atoms with van der Waals surface area (Å²) in [5.74, 6) is 0.273. The van der Waals surface area contributed by atoms with Crippen LogP contribution in [0.3, 0.4) is 0 Å². The number of rotatable bonds is 5. The summed E-state index contributed by atoms with van der Waals surface area (Å²) in [4.78, 5) is 25.7. The SMILES string of the molecule is O=C(Nc1ncc2c(n1)-c1ccccc1C(c1ccc(Cl)c(Cl)c1)C2)OCc1ccc(-c2ccncc2)cc1. The minimum absolute atomic E-state index is 0.0841. The fraction of sp³-hybridized carbons (Fsp3) is 0.0968. The van der Waals surface area contributed by atoms with Crippen molar-refractivity contribution in [2.45, 2.75) is 18.9 Å². The van der Waals surface area contributed by atoms with Gasteiger partial charge in [0, 0.05) is 30.1 Å². The zero-order chi connectivity index (χ0) is 26.8. The minimum atomic E-state index is -0.620. The number of benzene rings is 3. The van der Waals surface area contributed by atoms with Crippen LogP contribution in [0, 0.1) is 0 Å². The molecule has 2 heterocycles. The number of halogens is 2. The van der Waals surface area contributed by atoms with Crippen LogP contribution < -0.4 is 5.32 Å². The molecular weight excluding hydrogens is 531 g/mol. The summed E-state index contributed by atoms with van der Waals surface area (Å²) >= 11 is 12.5. The lowest BCUT2D eigenvalue weighted by Crippen LogP contribution is -2.18. The van der Waals surface area contributed by atoms with Gasteiger partial charge in [-0.2, -0.15) is 0 Å². The molecular formula is C31H22Cl2N4O2. The largest absolute Gasteiger partial charge is 0.444 e. The second-order valence-corrected chi connectivity index (χ2v) is 10.0. The molecule has 0 fully saturated rings. The normalized spacial score (nSPS) is 13.7. The van der Waals surface area contributed by atoms with Crippen LogP contribution in [0.25, 0.3) is 22.4 Å². The van der Waals surface area contributed by atoms with Crippen molar-refractivity contribution in [1.82, 2.24) is 15.0 Å². The highest BCUT2D eigenvalue weighted by Crippen LogP contribution is 2.42. The highest BCUT2D eigenvalue weighted by Gasteiger charge is 2.28. The van der Waals surface area contributed by atoms with Crippen molar-refractivity contribution < 1.29 is 9.53 Å². The number of aromatic nitrogens is 3. The van der Waals surface area contributed by atoms with Crippen molar-refractivity contribution in [3.63, 3.8) is 0 Å². The van der Waals surface area contributed by atoms with Gasteiger partial charge in [0.15, 0.2) is 0 Å². The van der Waals surface area contributed by atoms with Gasteiger partial charge in [-0.05, 0) is 64.1 Å². The molecule has 0 aliphatic heterocycles. The number of hydrogen-bond donors (Lipinski definition) is 1. The van der Waals surface area contributed by atoms with Crippen LogP contribution in [0.1, 0.15) is 28.2 Å². The molecule has 8 heteroatoms. The summed E-state index contributed by atoms with van der Waals surface area (Å²) < 4.78 is 5.42. The summed E-state index contributed by atoms with van der Waals surface area (Å²) in [6.07, 6.45) is 5.35. The number of nitrogens with zero attached hydrogens (tertiary/aromatic N) is 3. The van der Waals surface area contributed by atoms with Crippen molar-refractivity contribution in [2.75, 3.05) is 5.32 Å². The zero-order valence-electron chi connectivity index (χ0n) is 20.6. The van der Waals surface area contributed by atoms with E-state index in [0.29, 0.717) is 16.5 Å². The molecule has 1 unspecified atom stereocenters. The van der Waals surface area contributed by atoms with Crippen LogP contribution in [0.15, 0.2) is 97.5 Å². The standard InChI is InChI=1S/C31H22Cl2N4O2/c32-27-10-9-22(16-28(27)33)26-15-23-17-35-30(36-29(23)25-4-2-1-3-24(25)26)37-31(38)39-18-19-5-7-20(8-6-19)21-11-13-34-14-12-21/h1-14,16-17,26H,15,18H2,(H,35,36,37,38). The first kappa shape index (κ1) is 25.0. The molecule has 0 bridgehead atoms. The van der Waals surface area contributed by atoms with Gasteiger partial charge in [-0.1, -0.05) is 77.8 Å². The van der Waals surface area contributed by atoms with E-state index in [1.54, 1.807) is 18.6 Å². The molecule has 0 saturated heterocycles. The van der Waals surface area contributed by atoms with Gasteiger partial charge >= 0.3 is 6.09 Å². The molecule has 0 saturated carbocycles. The molecule has 0 spiro atoms. The molecule has 3 aromatic carbocycles. The third-order valence-electron chi connectivity index (χ3n) is 6.78. The van der Waals surface area contributed by atoms with Gasteiger partial charge in [-0.25, -0.2) is 14.8 Å². The third kappa shape index (κ3) is 5.35. The Morgan fingerprint density at radius 1 is 0.923 bits per heavy atom. The lowest BCUT2D eigenvalue weighted by Gasteiger charge is -2.27. The Labute approximate surface area is 235 Å². The number of carbonyl (C=O) groups is 1. The van der Waals surface area contributed by atoms with Crippen molar-refractivity contribution in [3.05, 3.63) is 130 Å². The average Bonchev–Trinajstić information content (AvgIpc) is 2.98. The first-order chi connectivity index (χ1) is 19.0. The lowest BCUT2D eigenvalue weighted by molar-refractivity contribution is 0.155. The topological polar surface area (TPSA) is 77.0 Å². The van der Waals surface area contributed by atoms with Crippen molar-refractivity contribution >= 4 is 35.2 Å². The molecule has 1 aliphatic rings. The van der Waals surface area contributed by atoms with Crippen LogP contribution in [-0.4, -0.2) is 21.0 Å². The average molecular weight is 553 g/mol. The maximum absolute atomic E-state index is 12.5. The van der Waals surface area contributed by atoms with Crippen LogP contribution in [0.2, 0.25) is 10.0 Å². The second-order valence-electron chi connectivity index (χ2n) is 9.22. The molecule has 5 aromatic rings. The molecule has 2 aromatic heterocycles. The van der Waals surface area contributed by atoms with E-state index in [0.717, 1.165) is 44.6 Å².